The van der Waals surface area contributed by atoms with Gasteiger partial charge in [0.05, 0.1) is 0 Å². The number of hydrogen-bond acceptors (Lipinski definition) is 5. The van der Waals surface area contributed by atoms with Crippen molar-refractivity contribution < 1.29 is 0 Å². The van der Waals surface area contributed by atoms with Crippen LogP contribution in [-0.4, -0.2) is 21.5 Å². The first-order valence-corrected chi connectivity index (χ1v) is 8.48. The maximum Gasteiger partial charge on any atom is 0.225 e. The van der Waals surface area contributed by atoms with Crippen LogP contribution in [0.4, 0.5) is 17.5 Å². The highest BCUT2D eigenvalue weighted by Crippen LogP contribution is 2.25. The number of nitrogens with one attached hydrogen (secondary N) is 1. The Morgan fingerprint density at radius 2 is 1.80 bits per heavy atom. The molecule has 0 aliphatic carbocycles. The summed E-state index contributed by atoms with van der Waals surface area (Å²) in [5, 5.41) is 3.31. The van der Waals surface area contributed by atoms with Crippen LogP contribution in [0.15, 0.2) is 54.9 Å². The van der Waals surface area contributed by atoms with Crippen molar-refractivity contribution in [1.82, 2.24) is 15.0 Å². The van der Waals surface area contributed by atoms with Crippen molar-refractivity contribution in [3.8, 4) is 0 Å². The summed E-state index contributed by atoms with van der Waals surface area (Å²) in [6, 6.07) is 14.4. The molecule has 1 aromatic carbocycles. The van der Waals surface area contributed by atoms with Crippen molar-refractivity contribution in [2.45, 2.75) is 27.3 Å². The fraction of sp³-hybridized carbons (Fsp3) is 0.250. The van der Waals surface area contributed by atoms with Crippen molar-refractivity contribution >= 4 is 17.5 Å². The fourth-order valence-electron chi connectivity index (χ4n) is 2.72. The maximum atomic E-state index is 4.71. The Morgan fingerprint density at radius 1 is 1.00 bits per heavy atom. The third-order valence-corrected chi connectivity index (χ3v) is 3.95. The molecule has 0 spiro atoms. The molecule has 3 aromatic rings. The van der Waals surface area contributed by atoms with E-state index in [1.54, 1.807) is 12.4 Å². The maximum absolute atomic E-state index is 4.71. The van der Waals surface area contributed by atoms with Gasteiger partial charge in [0.2, 0.25) is 5.95 Å². The summed E-state index contributed by atoms with van der Waals surface area (Å²) in [4.78, 5) is 15.5. The molecule has 3 rings (SSSR count). The first-order valence-electron chi connectivity index (χ1n) is 8.48. The third kappa shape index (κ3) is 4.32. The number of rotatable bonds is 6. The lowest BCUT2D eigenvalue weighted by molar-refractivity contribution is 0.953. The zero-order valence-corrected chi connectivity index (χ0v) is 14.9. The molecule has 0 atom stereocenters. The molecule has 0 saturated heterocycles. The lowest BCUT2D eigenvalue weighted by atomic mass is 10.2. The number of aryl methyl sites for hydroxylation is 2. The summed E-state index contributed by atoms with van der Waals surface area (Å²) in [6.07, 6.45) is 3.58. The standard InChI is InChI=1S/C20H23N5/c1-4-25(18-7-5-6-15(2)12-18)19-13-16(3)23-20(24-19)22-14-17-8-10-21-11-9-17/h5-13H,4,14H2,1-3H3,(H,22,23,24). The Balaban J connectivity index is 1.84. The van der Waals surface area contributed by atoms with Gasteiger partial charge in [-0.1, -0.05) is 12.1 Å². The first-order chi connectivity index (χ1) is 12.2. The number of benzene rings is 1. The monoisotopic (exact) mass is 333 g/mol. The van der Waals surface area contributed by atoms with Gasteiger partial charge in [-0.25, -0.2) is 4.98 Å². The number of pyridine rings is 1. The molecule has 1 N–H and O–H groups in total. The normalized spacial score (nSPS) is 10.5. The van der Waals surface area contributed by atoms with Gasteiger partial charge in [-0.05, 0) is 56.2 Å². The van der Waals surface area contributed by atoms with Gasteiger partial charge in [0.1, 0.15) is 5.82 Å². The molecule has 0 bridgehead atoms. The van der Waals surface area contributed by atoms with Crippen LogP contribution in [0.3, 0.4) is 0 Å². The van der Waals surface area contributed by atoms with E-state index in [1.807, 2.05) is 25.1 Å². The predicted molar refractivity (Wildman–Crippen MR) is 102 cm³/mol. The smallest absolute Gasteiger partial charge is 0.225 e. The van der Waals surface area contributed by atoms with E-state index in [1.165, 1.54) is 5.56 Å². The largest absolute Gasteiger partial charge is 0.350 e. The lowest BCUT2D eigenvalue weighted by Crippen LogP contribution is -2.19. The van der Waals surface area contributed by atoms with E-state index in [-0.39, 0.29) is 0 Å². The van der Waals surface area contributed by atoms with Crippen LogP contribution < -0.4 is 10.2 Å². The lowest BCUT2D eigenvalue weighted by Gasteiger charge is -2.23. The number of hydrogen-bond donors (Lipinski definition) is 1. The number of nitrogens with zero attached hydrogens (tertiary/aromatic N) is 4. The molecule has 0 saturated carbocycles. The Morgan fingerprint density at radius 3 is 2.52 bits per heavy atom. The van der Waals surface area contributed by atoms with Crippen LogP contribution >= 0.6 is 0 Å². The Labute approximate surface area is 148 Å². The molecule has 0 aliphatic rings. The molecule has 0 fully saturated rings. The second kappa shape index (κ2) is 7.75. The van der Waals surface area contributed by atoms with Crippen LogP contribution in [-0.2, 0) is 6.54 Å². The van der Waals surface area contributed by atoms with E-state index in [0.29, 0.717) is 12.5 Å². The molecule has 5 nitrogen and oxygen atoms in total. The van der Waals surface area contributed by atoms with Crippen LogP contribution in [0.2, 0.25) is 0 Å². The summed E-state index contributed by atoms with van der Waals surface area (Å²) < 4.78 is 0. The molecular weight excluding hydrogens is 310 g/mol. The number of anilines is 3. The van der Waals surface area contributed by atoms with Crippen LogP contribution in [0.1, 0.15) is 23.7 Å². The van der Waals surface area contributed by atoms with E-state index in [4.69, 9.17) is 4.98 Å². The minimum absolute atomic E-state index is 0.637. The third-order valence-electron chi connectivity index (χ3n) is 3.95. The minimum atomic E-state index is 0.637. The van der Waals surface area contributed by atoms with Gasteiger partial charge in [-0.2, -0.15) is 4.98 Å². The quantitative estimate of drug-likeness (QED) is 0.730. The van der Waals surface area contributed by atoms with E-state index < -0.39 is 0 Å². The van der Waals surface area contributed by atoms with Crippen molar-refractivity contribution in [3.05, 3.63) is 71.7 Å². The highest BCUT2D eigenvalue weighted by atomic mass is 15.2. The topological polar surface area (TPSA) is 53.9 Å². The van der Waals surface area contributed by atoms with Crippen molar-refractivity contribution in [3.63, 3.8) is 0 Å². The second-order valence-electron chi connectivity index (χ2n) is 5.98. The summed E-state index contributed by atoms with van der Waals surface area (Å²) in [5.41, 5.74) is 4.46. The molecule has 2 heterocycles. The van der Waals surface area contributed by atoms with Gasteiger partial charge in [-0.3, -0.25) is 4.98 Å². The highest BCUT2D eigenvalue weighted by molar-refractivity contribution is 5.61. The Bertz CT molecular complexity index is 832. The van der Waals surface area contributed by atoms with Crippen molar-refractivity contribution in [2.24, 2.45) is 0 Å². The number of aromatic nitrogens is 3. The molecule has 25 heavy (non-hydrogen) atoms. The summed E-state index contributed by atoms with van der Waals surface area (Å²) in [5.74, 6) is 1.54. The summed E-state index contributed by atoms with van der Waals surface area (Å²) in [6.45, 7) is 7.73. The molecule has 5 heteroatoms. The minimum Gasteiger partial charge on any atom is -0.350 e. The van der Waals surface area contributed by atoms with Gasteiger partial charge in [-0.15, -0.1) is 0 Å². The van der Waals surface area contributed by atoms with E-state index >= 15 is 0 Å². The molecule has 128 valence electrons. The first kappa shape index (κ1) is 16.9. The van der Waals surface area contributed by atoms with Crippen LogP contribution in [0.5, 0.6) is 0 Å². The molecule has 0 aliphatic heterocycles. The molecular formula is C20H23N5. The van der Waals surface area contributed by atoms with Gasteiger partial charge >= 0.3 is 0 Å². The Hall–Kier alpha value is -2.95. The van der Waals surface area contributed by atoms with Gasteiger partial charge in [0, 0.05) is 42.9 Å². The van der Waals surface area contributed by atoms with Gasteiger partial charge < -0.3 is 10.2 Å². The SMILES string of the molecule is CCN(c1cccc(C)c1)c1cc(C)nc(NCc2ccncc2)n1. The van der Waals surface area contributed by atoms with Gasteiger partial charge in [0.15, 0.2) is 0 Å². The Kier molecular flexibility index (Phi) is 5.23. The van der Waals surface area contributed by atoms with Crippen LogP contribution in [0.25, 0.3) is 0 Å². The van der Waals surface area contributed by atoms with Crippen LogP contribution in [0, 0.1) is 13.8 Å². The summed E-state index contributed by atoms with van der Waals surface area (Å²) >= 11 is 0. The van der Waals surface area contributed by atoms with Crippen molar-refractivity contribution in [1.29, 1.82) is 0 Å². The molecule has 0 amide bonds. The van der Waals surface area contributed by atoms with E-state index in [0.717, 1.165) is 29.3 Å². The molecule has 2 aromatic heterocycles. The molecule has 0 radical (unpaired) electrons. The zero-order valence-electron chi connectivity index (χ0n) is 14.9. The van der Waals surface area contributed by atoms with E-state index in [9.17, 15) is 0 Å². The molecule has 0 unspecified atom stereocenters. The fourth-order valence-corrected chi connectivity index (χ4v) is 2.72. The average Bonchev–Trinajstić information content (AvgIpc) is 2.61. The van der Waals surface area contributed by atoms with Gasteiger partial charge in [0.25, 0.3) is 0 Å². The average molecular weight is 333 g/mol. The van der Waals surface area contributed by atoms with E-state index in [2.05, 4.69) is 58.3 Å². The summed E-state index contributed by atoms with van der Waals surface area (Å²) in [7, 11) is 0. The van der Waals surface area contributed by atoms with Crippen molar-refractivity contribution in [2.75, 3.05) is 16.8 Å². The highest BCUT2D eigenvalue weighted by Gasteiger charge is 2.11. The second-order valence-corrected chi connectivity index (χ2v) is 5.98. The zero-order chi connectivity index (χ0) is 17.6. The predicted octanol–water partition coefficient (Wildman–Crippen LogP) is 4.26.